The molecule has 3 aliphatic rings. The van der Waals surface area contributed by atoms with Crippen LogP contribution in [0.5, 0.6) is 0 Å². The number of hydrogen-bond donors (Lipinski definition) is 0. The van der Waals surface area contributed by atoms with Gasteiger partial charge >= 0.3 is 0 Å². The van der Waals surface area contributed by atoms with Gasteiger partial charge in [0.2, 0.25) is 0 Å². The Morgan fingerprint density at radius 1 is 0.893 bits per heavy atom. The van der Waals surface area contributed by atoms with Crippen molar-refractivity contribution in [1.29, 1.82) is 0 Å². The van der Waals surface area contributed by atoms with Crippen molar-refractivity contribution in [3.05, 3.63) is 17.6 Å². The van der Waals surface area contributed by atoms with Crippen molar-refractivity contribution in [2.45, 2.75) is 77.2 Å². The summed E-state index contributed by atoms with van der Waals surface area (Å²) in [7, 11) is 0. The van der Waals surface area contributed by atoms with E-state index < -0.39 is 0 Å². The lowest BCUT2D eigenvalue weighted by Gasteiger charge is -2.39. The predicted octanol–water partition coefficient (Wildman–Crippen LogP) is 3.52. The summed E-state index contributed by atoms with van der Waals surface area (Å²) in [5.74, 6) is 1.24. The van der Waals surface area contributed by atoms with Gasteiger partial charge in [0.15, 0.2) is 0 Å². The van der Waals surface area contributed by atoms with Gasteiger partial charge in [-0.05, 0) is 32.2 Å². The van der Waals surface area contributed by atoms with Crippen molar-refractivity contribution < 1.29 is 0 Å². The van der Waals surface area contributed by atoms with Crippen molar-refractivity contribution >= 4 is 5.82 Å². The normalized spacial score (nSPS) is 22.4. The lowest BCUT2D eigenvalue weighted by atomic mass is 10.1. The van der Waals surface area contributed by atoms with E-state index in [0.717, 1.165) is 38.5 Å². The molecule has 1 saturated heterocycles. The maximum Gasteiger partial charge on any atom is 0.135 e. The number of unbranched alkanes of at least 4 members (excludes halogenated alkanes) is 3. The number of aromatic nitrogens is 2. The number of anilines is 1. The first kappa shape index (κ1) is 20.1. The molecule has 4 rings (SSSR count). The first-order chi connectivity index (χ1) is 13.8. The molecule has 0 radical (unpaired) electrons. The Balaban J connectivity index is 1.35. The van der Waals surface area contributed by atoms with E-state index in [1.165, 1.54) is 94.6 Å². The van der Waals surface area contributed by atoms with Crippen molar-refractivity contribution in [1.82, 2.24) is 19.8 Å². The third-order valence-electron chi connectivity index (χ3n) is 7.14. The molecule has 3 heterocycles. The highest BCUT2D eigenvalue weighted by atomic mass is 15.3. The molecule has 0 unspecified atom stereocenters. The zero-order valence-corrected chi connectivity index (χ0v) is 17.9. The number of rotatable bonds is 7. The second-order valence-electron chi connectivity index (χ2n) is 8.99. The topological polar surface area (TPSA) is 35.5 Å². The molecule has 0 atom stereocenters. The fourth-order valence-corrected chi connectivity index (χ4v) is 5.38. The van der Waals surface area contributed by atoms with Gasteiger partial charge in [-0.2, -0.15) is 0 Å². The highest BCUT2D eigenvalue weighted by Gasteiger charge is 2.28. The standard InChI is InChI=1S/C23H39N5/c1-2-3-4-7-12-26-13-10-21-22(11-14-26)24-19-25-23(21)28-17-15-27(16-18-28)20-8-5-6-9-20/h19-20H,2-18H2,1H3. The van der Waals surface area contributed by atoms with Crippen LogP contribution >= 0.6 is 0 Å². The minimum Gasteiger partial charge on any atom is -0.354 e. The van der Waals surface area contributed by atoms with Gasteiger partial charge < -0.3 is 9.80 Å². The zero-order chi connectivity index (χ0) is 19.2. The van der Waals surface area contributed by atoms with Gasteiger partial charge in [0, 0.05) is 57.3 Å². The van der Waals surface area contributed by atoms with Gasteiger partial charge in [0.05, 0.1) is 5.69 Å². The molecule has 1 aromatic rings. The quantitative estimate of drug-likeness (QED) is 0.671. The van der Waals surface area contributed by atoms with Crippen LogP contribution in [0, 0.1) is 0 Å². The number of hydrogen-bond acceptors (Lipinski definition) is 5. The Bertz CT molecular complexity index is 605. The average Bonchev–Trinajstić information content (AvgIpc) is 3.20. The van der Waals surface area contributed by atoms with E-state index in [1.54, 1.807) is 0 Å². The van der Waals surface area contributed by atoms with Crippen LogP contribution < -0.4 is 4.90 Å². The van der Waals surface area contributed by atoms with Crippen LogP contribution in [0.25, 0.3) is 0 Å². The molecule has 5 nitrogen and oxygen atoms in total. The smallest absolute Gasteiger partial charge is 0.135 e. The molecule has 28 heavy (non-hydrogen) atoms. The molecular formula is C23H39N5. The van der Waals surface area contributed by atoms with Crippen LogP contribution in [-0.2, 0) is 12.8 Å². The molecule has 1 aromatic heterocycles. The predicted molar refractivity (Wildman–Crippen MR) is 116 cm³/mol. The van der Waals surface area contributed by atoms with Crippen LogP contribution in [0.4, 0.5) is 5.82 Å². The van der Waals surface area contributed by atoms with E-state index in [4.69, 9.17) is 4.98 Å². The largest absolute Gasteiger partial charge is 0.354 e. The van der Waals surface area contributed by atoms with E-state index >= 15 is 0 Å². The molecule has 0 aromatic carbocycles. The fraction of sp³-hybridized carbons (Fsp3) is 0.826. The third kappa shape index (κ3) is 4.85. The summed E-state index contributed by atoms with van der Waals surface area (Å²) >= 11 is 0. The number of nitrogens with zero attached hydrogens (tertiary/aromatic N) is 5. The van der Waals surface area contributed by atoms with E-state index in [-0.39, 0.29) is 0 Å². The molecule has 0 bridgehead atoms. The summed E-state index contributed by atoms with van der Waals surface area (Å²) < 4.78 is 0. The van der Waals surface area contributed by atoms with Gasteiger partial charge in [0.1, 0.15) is 12.1 Å². The third-order valence-corrected chi connectivity index (χ3v) is 7.14. The van der Waals surface area contributed by atoms with Crippen molar-refractivity contribution in [2.75, 3.05) is 50.7 Å². The molecule has 156 valence electrons. The molecule has 5 heteroatoms. The van der Waals surface area contributed by atoms with Crippen LogP contribution in [0.2, 0.25) is 0 Å². The summed E-state index contributed by atoms with van der Waals surface area (Å²) in [6.07, 6.45) is 15.1. The van der Waals surface area contributed by atoms with E-state index in [0.29, 0.717) is 0 Å². The minimum absolute atomic E-state index is 0.853. The van der Waals surface area contributed by atoms with Crippen LogP contribution in [-0.4, -0.2) is 71.6 Å². The monoisotopic (exact) mass is 385 g/mol. The summed E-state index contributed by atoms with van der Waals surface area (Å²) in [6.45, 7) is 10.5. The second kappa shape index (κ2) is 10.0. The Morgan fingerprint density at radius 3 is 2.46 bits per heavy atom. The number of piperazine rings is 1. The van der Waals surface area contributed by atoms with Gasteiger partial charge in [-0.15, -0.1) is 0 Å². The van der Waals surface area contributed by atoms with Crippen molar-refractivity contribution in [3.8, 4) is 0 Å². The van der Waals surface area contributed by atoms with Gasteiger partial charge in [-0.3, -0.25) is 4.90 Å². The van der Waals surface area contributed by atoms with Crippen LogP contribution in [0.15, 0.2) is 6.33 Å². The van der Waals surface area contributed by atoms with Crippen LogP contribution in [0.1, 0.15) is 69.5 Å². The molecule has 0 spiro atoms. The molecular weight excluding hydrogens is 346 g/mol. The molecule has 1 aliphatic carbocycles. The highest BCUT2D eigenvalue weighted by molar-refractivity contribution is 5.49. The van der Waals surface area contributed by atoms with Crippen molar-refractivity contribution in [2.24, 2.45) is 0 Å². The van der Waals surface area contributed by atoms with Crippen molar-refractivity contribution in [3.63, 3.8) is 0 Å². The molecule has 0 N–H and O–H groups in total. The lowest BCUT2D eigenvalue weighted by molar-refractivity contribution is 0.187. The van der Waals surface area contributed by atoms with Crippen LogP contribution in [0.3, 0.4) is 0 Å². The SMILES string of the molecule is CCCCCCN1CCc2ncnc(N3CCN(C4CCCC4)CC3)c2CC1. The maximum atomic E-state index is 4.77. The van der Waals surface area contributed by atoms with Gasteiger partial charge in [-0.1, -0.05) is 39.0 Å². The maximum absolute atomic E-state index is 4.77. The summed E-state index contributed by atoms with van der Waals surface area (Å²) in [4.78, 5) is 17.4. The molecule has 2 aliphatic heterocycles. The van der Waals surface area contributed by atoms with E-state index in [2.05, 4.69) is 26.6 Å². The minimum atomic E-state index is 0.853. The fourth-order valence-electron chi connectivity index (χ4n) is 5.38. The molecule has 2 fully saturated rings. The summed E-state index contributed by atoms with van der Waals surface area (Å²) in [6, 6.07) is 0.853. The van der Waals surface area contributed by atoms with Gasteiger partial charge in [0.25, 0.3) is 0 Å². The average molecular weight is 386 g/mol. The summed E-state index contributed by atoms with van der Waals surface area (Å²) in [5.41, 5.74) is 2.74. The van der Waals surface area contributed by atoms with E-state index in [1.807, 2.05) is 6.33 Å². The highest BCUT2D eigenvalue weighted by Crippen LogP contribution is 2.28. The zero-order valence-electron chi connectivity index (χ0n) is 17.9. The molecule has 0 amide bonds. The Morgan fingerprint density at radius 2 is 1.68 bits per heavy atom. The Labute approximate surface area is 171 Å². The second-order valence-corrected chi connectivity index (χ2v) is 8.99. The van der Waals surface area contributed by atoms with Gasteiger partial charge in [-0.25, -0.2) is 9.97 Å². The summed E-state index contributed by atoms with van der Waals surface area (Å²) in [5, 5.41) is 0. The molecule has 1 saturated carbocycles. The lowest BCUT2D eigenvalue weighted by Crippen LogP contribution is -2.50. The Hall–Kier alpha value is -1.20. The Kier molecular flexibility index (Phi) is 7.19. The first-order valence-electron chi connectivity index (χ1n) is 11.9. The number of fused-ring (bicyclic) bond motifs is 1. The van der Waals surface area contributed by atoms with E-state index in [9.17, 15) is 0 Å². The first-order valence-corrected chi connectivity index (χ1v) is 11.9.